The number of phenolic OH excluding ortho intramolecular Hbond substituents is 1. The van der Waals surface area contributed by atoms with Crippen molar-refractivity contribution >= 4 is 28.9 Å². The van der Waals surface area contributed by atoms with E-state index in [0.29, 0.717) is 11.1 Å². The van der Waals surface area contributed by atoms with Gasteiger partial charge in [-0.2, -0.15) is 0 Å². The molecule has 0 heterocycles. The van der Waals surface area contributed by atoms with Crippen LogP contribution in [0.1, 0.15) is 57.2 Å². The number of ether oxygens (including phenoxy) is 1. The quantitative estimate of drug-likeness (QED) is 0.354. The van der Waals surface area contributed by atoms with Gasteiger partial charge in [-0.1, -0.05) is 49.8 Å². The molecule has 3 N–H and O–H groups in total. The van der Waals surface area contributed by atoms with Crippen molar-refractivity contribution in [3.05, 3.63) is 69.8 Å². The lowest BCUT2D eigenvalue weighted by molar-refractivity contribution is -0.171. The predicted octanol–water partition coefficient (Wildman–Crippen LogP) is 4.24. The lowest BCUT2D eigenvalue weighted by atomic mass is 9.46. The summed E-state index contributed by atoms with van der Waals surface area (Å²) in [6.45, 7) is 6.41. The molecule has 0 aliphatic heterocycles. The smallest absolute Gasteiger partial charge is 0.206 e. The molecule has 0 saturated heterocycles. The Balaban J connectivity index is 1.68. The fraction of sp³-hybridized carbons (Fsp3) is 0.394. The van der Waals surface area contributed by atoms with Crippen molar-refractivity contribution in [1.82, 2.24) is 0 Å². The third kappa shape index (κ3) is 4.11. The fourth-order valence-electron chi connectivity index (χ4n) is 7.58. The summed E-state index contributed by atoms with van der Waals surface area (Å²) < 4.78 is 4.95. The van der Waals surface area contributed by atoms with Crippen LogP contribution in [0.3, 0.4) is 0 Å². The normalized spacial score (nSPS) is 27.4. The van der Waals surface area contributed by atoms with E-state index >= 15 is 0 Å². The van der Waals surface area contributed by atoms with Gasteiger partial charge in [0.2, 0.25) is 11.6 Å². The van der Waals surface area contributed by atoms with Crippen molar-refractivity contribution < 1.29 is 39.2 Å². The Morgan fingerprint density at radius 2 is 1.73 bits per heavy atom. The van der Waals surface area contributed by atoms with Crippen LogP contribution in [0.15, 0.2) is 53.1 Å². The van der Waals surface area contributed by atoms with E-state index in [4.69, 9.17) is 4.74 Å². The summed E-state index contributed by atoms with van der Waals surface area (Å²) in [7, 11) is 1.46. The second kappa shape index (κ2) is 9.60. The number of ketones is 4. The first-order valence-corrected chi connectivity index (χ1v) is 13.6. The minimum atomic E-state index is -2.52. The highest BCUT2D eigenvalue weighted by Crippen LogP contribution is 2.62. The molecule has 2 aromatic carbocycles. The summed E-state index contributed by atoms with van der Waals surface area (Å²) >= 11 is 0. The molecule has 8 heteroatoms. The molecule has 3 atom stereocenters. The highest BCUT2D eigenvalue weighted by molar-refractivity contribution is 6.33. The minimum absolute atomic E-state index is 0.00283. The average Bonchev–Trinajstić information content (AvgIpc) is 2.86. The molecule has 0 bridgehead atoms. The molecule has 0 unspecified atom stereocenters. The summed E-state index contributed by atoms with van der Waals surface area (Å²) in [5.41, 5.74) is -1.54. The van der Waals surface area contributed by atoms with Crippen molar-refractivity contribution in [3.8, 4) is 16.9 Å². The summed E-state index contributed by atoms with van der Waals surface area (Å²) in [5.74, 6) is -3.20. The number of carbonyl (C=O) groups is 4. The van der Waals surface area contributed by atoms with Crippen LogP contribution in [0.25, 0.3) is 16.9 Å². The molecule has 2 aromatic rings. The van der Waals surface area contributed by atoms with Gasteiger partial charge >= 0.3 is 0 Å². The molecule has 0 spiro atoms. The van der Waals surface area contributed by atoms with Crippen LogP contribution < -0.4 is 0 Å². The van der Waals surface area contributed by atoms with Gasteiger partial charge in [-0.25, -0.2) is 0 Å². The van der Waals surface area contributed by atoms with Gasteiger partial charge in [0.15, 0.2) is 17.2 Å². The number of phenols is 1. The molecule has 3 aliphatic carbocycles. The Morgan fingerprint density at radius 3 is 2.39 bits per heavy atom. The standard InChI is InChI=1S/C33H34O8/c1-17-13-32(4)16-31(3)14-23-22(20-8-6-7-19(11-20)12-21(35)15-41-5)9-10-24(36)26(23)28(37)27(31)30(39)33(32,40)29(38)25(17)18(2)34/h6-11,36-37,40H,12-16H2,1-5H3/t31-,32+,33+/m1/s1. The number of hydrogen-bond donors (Lipinski definition) is 3. The van der Waals surface area contributed by atoms with E-state index in [1.54, 1.807) is 19.9 Å². The van der Waals surface area contributed by atoms with E-state index in [1.165, 1.54) is 20.1 Å². The number of methoxy groups -OCH3 is 1. The van der Waals surface area contributed by atoms with Crippen molar-refractivity contribution in [2.24, 2.45) is 10.8 Å². The van der Waals surface area contributed by atoms with E-state index in [0.717, 1.165) is 16.7 Å². The van der Waals surface area contributed by atoms with E-state index in [2.05, 4.69) is 0 Å². The largest absolute Gasteiger partial charge is 0.507 e. The Hall–Kier alpha value is -3.88. The van der Waals surface area contributed by atoms with Crippen LogP contribution in [0.5, 0.6) is 5.75 Å². The van der Waals surface area contributed by atoms with E-state index in [-0.39, 0.29) is 60.5 Å². The zero-order valence-corrected chi connectivity index (χ0v) is 23.9. The van der Waals surface area contributed by atoms with Crippen LogP contribution >= 0.6 is 0 Å². The maximum Gasteiger partial charge on any atom is 0.206 e. The monoisotopic (exact) mass is 558 g/mol. The molecule has 0 amide bonds. The zero-order valence-electron chi connectivity index (χ0n) is 23.9. The number of aromatic hydroxyl groups is 1. The number of hydrogen-bond acceptors (Lipinski definition) is 8. The van der Waals surface area contributed by atoms with Crippen molar-refractivity contribution in [3.63, 3.8) is 0 Å². The van der Waals surface area contributed by atoms with Crippen molar-refractivity contribution in [1.29, 1.82) is 0 Å². The van der Waals surface area contributed by atoms with Gasteiger partial charge in [-0.05, 0) is 61.4 Å². The first kappa shape index (κ1) is 28.6. The molecule has 0 radical (unpaired) electrons. The minimum Gasteiger partial charge on any atom is -0.507 e. The number of carbonyl (C=O) groups excluding carboxylic acids is 4. The second-order valence-electron chi connectivity index (χ2n) is 12.3. The third-order valence-corrected chi connectivity index (χ3v) is 9.08. The van der Waals surface area contributed by atoms with Crippen LogP contribution in [-0.4, -0.2) is 57.8 Å². The SMILES string of the molecule is COCC(=O)Cc1cccc(-c2ccc(O)c3c2C[C@]2(C)C[C@]4(C)CC(C)=C(C(C)=O)C(=O)[C@]4(O)C(=O)C2=C3O)c1. The summed E-state index contributed by atoms with van der Waals surface area (Å²) in [5, 5.41) is 34.4. The number of aliphatic hydroxyl groups excluding tert-OH is 1. The van der Waals surface area contributed by atoms with Gasteiger partial charge in [-0.15, -0.1) is 0 Å². The van der Waals surface area contributed by atoms with Gasteiger partial charge in [0.1, 0.15) is 18.1 Å². The van der Waals surface area contributed by atoms with E-state index < -0.39 is 39.5 Å². The number of fused-ring (bicyclic) bond motifs is 3. The first-order chi connectivity index (χ1) is 19.2. The molecule has 5 rings (SSSR count). The predicted molar refractivity (Wildman–Crippen MR) is 151 cm³/mol. The van der Waals surface area contributed by atoms with Crippen LogP contribution in [-0.2, 0) is 36.8 Å². The Labute approximate surface area is 238 Å². The summed E-state index contributed by atoms with van der Waals surface area (Å²) in [6.07, 6.45) is 0.766. The molecule has 0 aromatic heterocycles. The van der Waals surface area contributed by atoms with Gasteiger partial charge in [-0.3, -0.25) is 19.2 Å². The molecular weight excluding hydrogens is 524 g/mol. The Bertz CT molecular complexity index is 1610. The topological polar surface area (TPSA) is 138 Å². The Kier molecular flexibility index (Phi) is 6.71. The Morgan fingerprint density at radius 1 is 1.02 bits per heavy atom. The van der Waals surface area contributed by atoms with Gasteiger partial charge in [0, 0.05) is 29.9 Å². The average molecular weight is 559 g/mol. The van der Waals surface area contributed by atoms with E-state index in [9.17, 15) is 34.5 Å². The van der Waals surface area contributed by atoms with Crippen LogP contribution in [0, 0.1) is 10.8 Å². The maximum absolute atomic E-state index is 14.2. The van der Waals surface area contributed by atoms with Gasteiger partial charge < -0.3 is 20.1 Å². The highest BCUT2D eigenvalue weighted by atomic mass is 16.5. The van der Waals surface area contributed by atoms with Crippen molar-refractivity contribution in [2.75, 3.05) is 13.7 Å². The maximum atomic E-state index is 14.2. The zero-order chi connectivity index (χ0) is 30.1. The number of allylic oxidation sites excluding steroid dienone is 1. The van der Waals surface area contributed by atoms with Crippen LogP contribution in [0.4, 0.5) is 0 Å². The molecular formula is C33H34O8. The number of Topliss-reactive ketones (excluding diaryl/α,β-unsaturated/α-hetero) is 4. The third-order valence-electron chi connectivity index (χ3n) is 9.08. The highest BCUT2D eigenvalue weighted by Gasteiger charge is 2.69. The summed E-state index contributed by atoms with van der Waals surface area (Å²) in [4.78, 5) is 52.3. The lowest BCUT2D eigenvalue weighted by Crippen LogP contribution is -2.67. The number of rotatable bonds is 6. The van der Waals surface area contributed by atoms with Gasteiger partial charge in [0.25, 0.3) is 0 Å². The summed E-state index contributed by atoms with van der Waals surface area (Å²) in [6, 6.07) is 10.6. The van der Waals surface area contributed by atoms with E-state index in [1.807, 2.05) is 31.2 Å². The molecule has 1 fully saturated rings. The van der Waals surface area contributed by atoms with Gasteiger partial charge in [0.05, 0.1) is 11.1 Å². The number of benzene rings is 2. The second-order valence-corrected chi connectivity index (χ2v) is 12.3. The fourth-order valence-corrected chi connectivity index (χ4v) is 7.58. The number of aliphatic hydroxyl groups is 2. The first-order valence-electron chi connectivity index (χ1n) is 13.6. The molecule has 8 nitrogen and oxygen atoms in total. The van der Waals surface area contributed by atoms with Crippen molar-refractivity contribution in [2.45, 2.75) is 59.0 Å². The molecule has 3 aliphatic rings. The molecule has 214 valence electrons. The van der Waals surface area contributed by atoms with Crippen LogP contribution in [0.2, 0.25) is 0 Å². The molecule has 41 heavy (non-hydrogen) atoms. The lowest BCUT2D eigenvalue weighted by Gasteiger charge is -2.56. The molecule has 1 saturated carbocycles.